The SMILES string of the molecule is COC1CN(c2nn(CC(F)(F)F)c3cc(-c4[nH]ncc4NC(=O)N4CC(F)(F)CCC45CC5)ncc23)C1. The number of fused-ring (bicyclic) bond motifs is 1. The van der Waals surface area contributed by atoms with E-state index in [4.69, 9.17) is 4.74 Å². The van der Waals surface area contributed by atoms with Gasteiger partial charge in [0.2, 0.25) is 0 Å². The van der Waals surface area contributed by atoms with Crippen LogP contribution in [0.2, 0.25) is 0 Å². The number of anilines is 2. The summed E-state index contributed by atoms with van der Waals surface area (Å²) in [6.07, 6.45) is -0.489. The van der Waals surface area contributed by atoms with Gasteiger partial charge in [-0.25, -0.2) is 13.6 Å². The van der Waals surface area contributed by atoms with Crippen molar-refractivity contribution < 1.29 is 31.5 Å². The van der Waals surface area contributed by atoms with Crippen LogP contribution in [0.15, 0.2) is 18.5 Å². The molecule has 10 nitrogen and oxygen atoms in total. The first kappa shape index (κ1) is 24.8. The van der Waals surface area contributed by atoms with Gasteiger partial charge in [0.15, 0.2) is 5.82 Å². The second-order valence-corrected chi connectivity index (χ2v) is 10.2. The van der Waals surface area contributed by atoms with Crippen LogP contribution in [0.4, 0.5) is 38.3 Å². The van der Waals surface area contributed by atoms with E-state index < -0.39 is 36.8 Å². The fraction of sp³-hybridized carbons (Fsp3) is 0.565. The van der Waals surface area contributed by atoms with Crippen LogP contribution < -0.4 is 10.2 Å². The minimum atomic E-state index is -4.51. The van der Waals surface area contributed by atoms with E-state index >= 15 is 0 Å². The van der Waals surface area contributed by atoms with Gasteiger partial charge in [0.25, 0.3) is 5.92 Å². The summed E-state index contributed by atoms with van der Waals surface area (Å²) in [4.78, 5) is 20.4. The smallest absolute Gasteiger partial charge is 0.378 e. The molecule has 3 aromatic heterocycles. The van der Waals surface area contributed by atoms with Crippen molar-refractivity contribution in [3.8, 4) is 11.4 Å². The summed E-state index contributed by atoms with van der Waals surface area (Å²) in [6, 6.07) is 0.756. The van der Waals surface area contributed by atoms with E-state index in [2.05, 4.69) is 25.6 Å². The van der Waals surface area contributed by atoms with Gasteiger partial charge in [-0.15, -0.1) is 0 Å². The number of urea groups is 1. The predicted molar refractivity (Wildman–Crippen MR) is 126 cm³/mol. The number of alkyl halides is 5. The summed E-state index contributed by atoms with van der Waals surface area (Å²) < 4.78 is 74.3. The Morgan fingerprint density at radius 1 is 1.21 bits per heavy atom. The molecule has 38 heavy (non-hydrogen) atoms. The molecule has 0 bridgehead atoms. The van der Waals surface area contributed by atoms with Crippen molar-refractivity contribution in [2.75, 3.05) is 37.0 Å². The number of hydrogen-bond donors (Lipinski definition) is 2. The highest BCUT2D eigenvalue weighted by Gasteiger charge is 2.57. The molecule has 204 valence electrons. The first-order chi connectivity index (χ1) is 18.0. The molecule has 3 fully saturated rings. The van der Waals surface area contributed by atoms with Gasteiger partial charge in [-0.05, 0) is 25.3 Å². The Labute approximate surface area is 213 Å². The number of rotatable bonds is 5. The topological polar surface area (TPSA) is 104 Å². The summed E-state index contributed by atoms with van der Waals surface area (Å²) in [5, 5.41) is 13.9. The average Bonchev–Trinajstić information content (AvgIpc) is 3.32. The largest absolute Gasteiger partial charge is 0.408 e. The number of H-pyrrole nitrogens is 1. The van der Waals surface area contributed by atoms with E-state index in [1.807, 2.05) is 4.90 Å². The number of carbonyl (C=O) groups excluding carboxylic acids is 1. The molecule has 1 spiro atoms. The zero-order valence-electron chi connectivity index (χ0n) is 20.4. The molecule has 3 aliphatic rings. The Kier molecular flexibility index (Phi) is 5.56. The molecule has 1 saturated carbocycles. The zero-order valence-corrected chi connectivity index (χ0v) is 20.4. The molecule has 2 amide bonds. The van der Waals surface area contributed by atoms with E-state index in [0.29, 0.717) is 37.1 Å². The molecule has 6 rings (SSSR count). The number of piperidine rings is 1. The number of methoxy groups -OCH3 is 1. The van der Waals surface area contributed by atoms with Crippen LogP contribution in [-0.4, -0.2) is 86.4 Å². The molecule has 1 aliphatic carbocycles. The third-order valence-electron chi connectivity index (χ3n) is 7.55. The standard InChI is InChI=1S/C23H25F5N8O2/c1-38-13-9-34(10-13)19-14-7-29-15(6-17(14)36(33-19)12-23(26,27)28)18-16(8-30-32-18)31-20(37)35-11-22(24,25)5-4-21(35)2-3-21/h6-8,13H,2-5,9-12H2,1H3,(H,30,32)(H,31,37). The number of nitrogens with one attached hydrogen (secondary N) is 2. The van der Waals surface area contributed by atoms with Gasteiger partial charge in [-0.2, -0.15) is 23.4 Å². The first-order valence-electron chi connectivity index (χ1n) is 12.2. The molecule has 2 saturated heterocycles. The highest BCUT2D eigenvalue weighted by molar-refractivity contribution is 5.96. The van der Waals surface area contributed by atoms with Crippen molar-refractivity contribution in [3.05, 3.63) is 18.5 Å². The first-order valence-corrected chi connectivity index (χ1v) is 12.2. The molecular formula is C23H25F5N8O2. The van der Waals surface area contributed by atoms with Crippen LogP contribution in [0.5, 0.6) is 0 Å². The number of aromatic nitrogens is 5. The highest BCUT2D eigenvalue weighted by atomic mass is 19.4. The number of hydrogen-bond acceptors (Lipinski definition) is 6. The number of carbonyl (C=O) groups is 1. The van der Waals surface area contributed by atoms with Gasteiger partial charge in [0.1, 0.15) is 12.2 Å². The van der Waals surface area contributed by atoms with Crippen molar-refractivity contribution in [1.29, 1.82) is 0 Å². The molecule has 2 N–H and O–H groups in total. The maximum atomic E-state index is 14.1. The Hall–Kier alpha value is -3.49. The van der Waals surface area contributed by atoms with E-state index in [1.165, 1.54) is 23.4 Å². The fourth-order valence-electron chi connectivity index (χ4n) is 5.21. The molecule has 0 aromatic carbocycles. The lowest BCUT2D eigenvalue weighted by atomic mass is 9.97. The minimum absolute atomic E-state index is 0.0316. The number of halogens is 5. The lowest BCUT2D eigenvalue weighted by Crippen LogP contribution is -2.54. The number of likely N-dealkylation sites (tertiary alicyclic amines) is 1. The predicted octanol–water partition coefficient (Wildman–Crippen LogP) is 4.01. The summed E-state index contributed by atoms with van der Waals surface area (Å²) in [5.74, 6) is -2.60. The Morgan fingerprint density at radius 3 is 2.63 bits per heavy atom. The van der Waals surface area contributed by atoms with Crippen LogP contribution in [-0.2, 0) is 11.3 Å². The van der Waals surface area contributed by atoms with Gasteiger partial charge in [0.05, 0.1) is 41.1 Å². The molecule has 0 radical (unpaired) electrons. The molecule has 0 unspecified atom stereocenters. The van der Waals surface area contributed by atoms with Crippen LogP contribution in [0.3, 0.4) is 0 Å². The van der Waals surface area contributed by atoms with Crippen molar-refractivity contribution in [2.24, 2.45) is 0 Å². The van der Waals surface area contributed by atoms with E-state index in [-0.39, 0.29) is 41.5 Å². The Bertz CT molecular complexity index is 1380. The molecule has 2 aliphatic heterocycles. The zero-order chi connectivity index (χ0) is 26.9. The average molecular weight is 540 g/mol. The minimum Gasteiger partial charge on any atom is -0.378 e. The van der Waals surface area contributed by atoms with E-state index in [9.17, 15) is 26.7 Å². The van der Waals surface area contributed by atoms with E-state index in [1.54, 1.807) is 7.11 Å². The number of pyridine rings is 1. The third kappa shape index (κ3) is 4.41. The van der Waals surface area contributed by atoms with Gasteiger partial charge in [-0.3, -0.25) is 14.8 Å². The second-order valence-electron chi connectivity index (χ2n) is 10.2. The fourth-order valence-corrected chi connectivity index (χ4v) is 5.21. The van der Waals surface area contributed by atoms with Crippen LogP contribution in [0.25, 0.3) is 22.3 Å². The summed E-state index contributed by atoms with van der Waals surface area (Å²) in [5.41, 5.74) is 0.274. The number of nitrogens with zero attached hydrogens (tertiary/aromatic N) is 6. The molecule has 0 atom stereocenters. The molecule has 5 heterocycles. The molecule has 15 heteroatoms. The summed E-state index contributed by atoms with van der Waals surface area (Å²) in [6.45, 7) is -0.989. The maximum absolute atomic E-state index is 14.1. The molecule has 3 aromatic rings. The maximum Gasteiger partial charge on any atom is 0.408 e. The second kappa shape index (κ2) is 8.51. The Balaban J connectivity index is 1.30. The van der Waals surface area contributed by atoms with Gasteiger partial charge >= 0.3 is 12.2 Å². The van der Waals surface area contributed by atoms with Crippen LogP contribution in [0, 0.1) is 0 Å². The van der Waals surface area contributed by atoms with Crippen molar-refractivity contribution >= 4 is 28.4 Å². The third-order valence-corrected chi connectivity index (χ3v) is 7.55. The lowest BCUT2D eigenvalue weighted by molar-refractivity contribution is -0.141. The summed E-state index contributed by atoms with van der Waals surface area (Å²) in [7, 11) is 1.57. The van der Waals surface area contributed by atoms with Crippen LogP contribution in [0.1, 0.15) is 25.7 Å². The highest BCUT2D eigenvalue weighted by Crippen LogP contribution is 2.51. The number of ether oxygens (including phenoxy) is 1. The monoisotopic (exact) mass is 540 g/mol. The van der Waals surface area contributed by atoms with Crippen molar-refractivity contribution in [2.45, 2.75) is 56.0 Å². The van der Waals surface area contributed by atoms with E-state index in [0.717, 1.165) is 4.68 Å². The Morgan fingerprint density at radius 2 is 1.95 bits per heavy atom. The quantitative estimate of drug-likeness (QED) is 0.474. The number of amides is 2. The van der Waals surface area contributed by atoms with Gasteiger partial charge in [-0.1, -0.05) is 0 Å². The summed E-state index contributed by atoms with van der Waals surface area (Å²) >= 11 is 0. The molecular weight excluding hydrogens is 515 g/mol. The number of aromatic amines is 1. The van der Waals surface area contributed by atoms with Crippen molar-refractivity contribution in [3.63, 3.8) is 0 Å². The lowest BCUT2D eigenvalue weighted by Gasteiger charge is -2.40. The van der Waals surface area contributed by atoms with Crippen LogP contribution >= 0.6 is 0 Å². The van der Waals surface area contributed by atoms with Crippen molar-refractivity contribution in [1.82, 2.24) is 29.9 Å². The van der Waals surface area contributed by atoms with Gasteiger partial charge < -0.3 is 19.9 Å². The van der Waals surface area contributed by atoms with Gasteiger partial charge in [0, 0.05) is 38.4 Å². The normalized spacial score (nSPS) is 20.7.